The molecule has 0 radical (unpaired) electrons. The van der Waals surface area contributed by atoms with Crippen LogP contribution in [0.2, 0.25) is 0 Å². The number of nitrogen functional groups attached to an aromatic ring is 1. The topological polar surface area (TPSA) is 60.2 Å². The summed E-state index contributed by atoms with van der Waals surface area (Å²) in [5, 5.41) is -0.163. The molecule has 0 saturated heterocycles. The number of nitrogens with two attached hydrogens (primary N) is 1. The van der Waals surface area contributed by atoms with Crippen molar-refractivity contribution < 1.29 is 8.42 Å². The Labute approximate surface area is 83.9 Å². The molecule has 1 saturated carbocycles. The van der Waals surface area contributed by atoms with E-state index in [-0.39, 0.29) is 5.25 Å². The van der Waals surface area contributed by atoms with Crippen molar-refractivity contribution in [1.82, 2.24) is 0 Å². The standard InChI is InChI=1S/C10H13NO2S/c1-7-4-8(11)6-10(5-7)14(12,13)9-2-3-9/h4-6,9H,2-3,11H2,1H3. The Morgan fingerprint density at radius 2 is 1.93 bits per heavy atom. The Hall–Kier alpha value is -1.03. The van der Waals surface area contributed by atoms with E-state index in [0.29, 0.717) is 10.6 Å². The summed E-state index contributed by atoms with van der Waals surface area (Å²) in [6, 6.07) is 5.00. The largest absolute Gasteiger partial charge is 0.399 e. The van der Waals surface area contributed by atoms with Gasteiger partial charge in [0.15, 0.2) is 9.84 Å². The zero-order chi connectivity index (χ0) is 10.3. The predicted molar refractivity (Wildman–Crippen MR) is 55.8 cm³/mol. The first-order valence-corrected chi connectivity index (χ1v) is 6.16. The molecule has 0 aliphatic heterocycles. The van der Waals surface area contributed by atoms with E-state index >= 15 is 0 Å². The average molecular weight is 211 g/mol. The minimum Gasteiger partial charge on any atom is -0.399 e. The molecule has 0 unspecified atom stereocenters. The number of rotatable bonds is 2. The summed E-state index contributed by atoms with van der Waals surface area (Å²) in [5.74, 6) is 0. The first-order chi connectivity index (χ1) is 6.50. The van der Waals surface area contributed by atoms with Gasteiger partial charge in [0.25, 0.3) is 0 Å². The molecule has 1 aliphatic carbocycles. The van der Waals surface area contributed by atoms with Gasteiger partial charge in [-0.25, -0.2) is 8.42 Å². The van der Waals surface area contributed by atoms with Gasteiger partial charge in [0.2, 0.25) is 0 Å². The molecule has 1 aromatic carbocycles. The second-order valence-electron chi connectivity index (χ2n) is 3.82. The fraction of sp³-hybridized carbons (Fsp3) is 0.400. The fourth-order valence-electron chi connectivity index (χ4n) is 1.51. The molecule has 0 aromatic heterocycles. The second kappa shape index (κ2) is 2.98. The number of sulfone groups is 1. The van der Waals surface area contributed by atoms with Crippen molar-refractivity contribution in [3.8, 4) is 0 Å². The van der Waals surface area contributed by atoms with Crippen LogP contribution < -0.4 is 5.73 Å². The second-order valence-corrected chi connectivity index (χ2v) is 6.05. The molecular formula is C10H13NO2S. The van der Waals surface area contributed by atoms with Crippen LogP contribution in [0.5, 0.6) is 0 Å². The summed E-state index contributed by atoms with van der Waals surface area (Å²) < 4.78 is 23.7. The van der Waals surface area contributed by atoms with Crippen molar-refractivity contribution in [2.24, 2.45) is 0 Å². The van der Waals surface area contributed by atoms with Crippen molar-refractivity contribution in [1.29, 1.82) is 0 Å². The molecule has 0 heterocycles. The zero-order valence-electron chi connectivity index (χ0n) is 8.03. The van der Waals surface area contributed by atoms with Crippen LogP contribution in [0.1, 0.15) is 18.4 Å². The van der Waals surface area contributed by atoms with Crippen molar-refractivity contribution >= 4 is 15.5 Å². The van der Waals surface area contributed by atoms with Crippen LogP contribution in [-0.2, 0) is 9.84 Å². The van der Waals surface area contributed by atoms with Crippen molar-refractivity contribution in [3.63, 3.8) is 0 Å². The van der Waals surface area contributed by atoms with Gasteiger partial charge in [-0.1, -0.05) is 0 Å². The smallest absolute Gasteiger partial charge is 0.181 e. The van der Waals surface area contributed by atoms with Crippen molar-refractivity contribution in [2.45, 2.75) is 29.9 Å². The van der Waals surface area contributed by atoms with Crippen LogP contribution >= 0.6 is 0 Å². The highest BCUT2D eigenvalue weighted by molar-refractivity contribution is 7.92. The van der Waals surface area contributed by atoms with Gasteiger partial charge >= 0.3 is 0 Å². The maximum absolute atomic E-state index is 11.8. The summed E-state index contributed by atoms with van der Waals surface area (Å²) in [6.45, 7) is 1.85. The van der Waals surface area contributed by atoms with Gasteiger partial charge in [-0.3, -0.25) is 0 Å². The lowest BCUT2D eigenvalue weighted by Gasteiger charge is -2.05. The third kappa shape index (κ3) is 1.62. The molecule has 0 amide bonds. The SMILES string of the molecule is Cc1cc(N)cc(S(=O)(=O)C2CC2)c1. The minimum atomic E-state index is -3.09. The first kappa shape index (κ1) is 9.52. The molecule has 4 heteroatoms. The Morgan fingerprint density at radius 3 is 2.43 bits per heavy atom. The highest BCUT2D eigenvalue weighted by atomic mass is 32.2. The molecule has 2 rings (SSSR count). The fourth-order valence-corrected chi connectivity index (χ4v) is 3.30. The highest BCUT2D eigenvalue weighted by Gasteiger charge is 2.36. The number of benzene rings is 1. The molecule has 0 atom stereocenters. The van der Waals surface area contributed by atoms with E-state index < -0.39 is 9.84 Å². The monoisotopic (exact) mass is 211 g/mol. The van der Waals surface area contributed by atoms with Crippen LogP contribution in [0.25, 0.3) is 0 Å². The Kier molecular flexibility index (Phi) is 2.03. The van der Waals surface area contributed by atoms with Gasteiger partial charge in [-0.2, -0.15) is 0 Å². The van der Waals surface area contributed by atoms with Gasteiger partial charge in [0.05, 0.1) is 10.1 Å². The number of hydrogen-bond acceptors (Lipinski definition) is 3. The molecule has 0 bridgehead atoms. The molecule has 1 aliphatic rings. The lowest BCUT2D eigenvalue weighted by molar-refractivity contribution is 0.594. The molecule has 1 aromatic rings. The lowest BCUT2D eigenvalue weighted by Crippen LogP contribution is -2.07. The summed E-state index contributed by atoms with van der Waals surface area (Å²) >= 11 is 0. The van der Waals surface area contributed by atoms with Crippen molar-refractivity contribution in [3.05, 3.63) is 23.8 Å². The molecule has 1 fully saturated rings. The van der Waals surface area contributed by atoms with E-state index in [1.165, 1.54) is 0 Å². The Balaban J connectivity index is 2.50. The van der Waals surface area contributed by atoms with E-state index in [9.17, 15) is 8.42 Å². The van der Waals surface area contributed by atoms with Crippen LogP contribution in [-0.4, -0.2) is 13.7 Å². The number of anilines is 1. The molecule has 2 N–H and O–H groups in total. The van der Waals surface area contributed by atoms with Gasteiger partial charge in [-0.05, 0) is 43.5 Å². The predicted octanol–water partition coefficient (Wildman–Crippen LogP) is 1.51. The molecule has 3 nitrogen and oxygen atoms in total. The first-order valence-electron chi connectivity index (χ1n) is 4.61. The minimum absolute atomic E-state index is 0.163. The van der Waals surface area contributed by atoms with Gasteiger partial charge in [-0.15, -0.1) is 0 Å². The van der Waals surface area contributed by atoms with E-state index in [1.54, 1.807) is 18.2 Å². The summed E-state index contributed by atoms with van der Waals surface area (Å²) in [7, 11) is -3.09. The summed E-state index contributed by atoms with van der Waals surface area (Å²) in [5.41, 5.74) is 7.02. The van der Waals surface area contributed by atoms with Crippen LogP contribution in [0.15, 0.2) is 23.1 Å². The summed E-state index contributed by atoms with van der Waals surface area (Å²) in [6.07, 6.45) is 1.58. The average Bonchev–Trinajstić information content (AvgIpc) is 2.83. The normalized spacial score (nSPS) is 16.9. The van der Waals surface area contributed by atoms with Crippen LogP contribution in [0.3, 0.4) is 0 Å². The molecule has 14 heavy (non-hydrogen) atoms. The molecule has 0 spiro atoms. The molecular weight excluding hydrogens is 198 g/mol. The maximum Gasteiger partial charge on any atom is 0.181 e. The van der Waals surface area contributed by atoms with Gasteiger partial charge in [0, 0.05) is 5.69 Å². The molecule has 76 valence electrons. The number of hydrogen-bond donors (Lipinski definition) is 1. The van der Waals surface area contributed by atoms with Crippen LogP contribution in [0.4, 0.5) is 5.69 Å². The Bertz CT molecular complexity index is 441. The number of aryl methyl sites for hydroxylation is 1. The van der Waals surface area contributed by atoms with E-state index in [4.69, 9.17) is 5.73 Å². The summed E-state index contributed by atoms with van der Waals surface area (Å²) in [4.78, 5) is 0.373. The maximum atomic E-state index is 11.8. The highest BCUT2D eigenvalue weighted by Crippen LogP contribution is 2.34. The van der Waals surface area contributed by atoms with Crippen molar-refractivity contribution in [2.75, 3.05) is 5.73 Å². The van der Waals surface area contributed by atoms with Gasteiger partial charge in [0.1, 0.15) is 0 Å². The van der Waals surface area contributed by atoms with Gasteiger partial charge < -0.3 is 5.73 Å². The third-order valence-corrected chi connectivity index (χ3v) is 4.61. The quantitative estimate of drug-likeness (QED) is 0.754. The Morgan fingerprint density at radius 1 is 1.29 bits per heavy atom. The van der Waals surface area contributed by atoms with E-state index in [2.05, 4.69) is 0 Å². The van der Waals surface area contributed by atoms with Crippen LogP contribution in [0, 0.1) is 6.92 Å². The third-order valence-electron chi connectivity index (χ3n) is 2.36. The van der Waals surface area contributed by atoms with E-state index in [1.807, 2.05) is 6.92 Å². The lowest BCUT2D eigenvalue weighted by atomic mass is 10.2. The zero-order valence-corrected chi connectivity index (χ0v) is 8.84. The van der Waals surface area contributed by atoms with E-state index in [0.717, 1.165) is 18.4 Å².